The average molecular weight is 386 g/mol. The quantitative estimate of drug-likeness (QED) is 0.524. The van der Waals surface area contributed by atoms with Crippen LogP contribution < -0.4 is 10.1 Å². The number of para-hydroxylation sites is 2. The zero-order valence-corrected chi connectivity index (χ0v) is 16.2. The van der Waals surface area contributed by atoms with Crippen LogP contribution in [0.2, 0.25) is 0 Å². The van der Waals surface area contributed by atoms with Gasteiger partial charge in [0.2, 0.25) is 5.91 Å². The van der Waals surface area contributed by atoms with E-state index in [0.29, 0.717) is 11.4 Å². The second-order valence-corrected chi connectivity index (χ2v) is 8.58. The summed E-state index contributed by atoms with van der Waals surface area (Å²) in [4.78, 5) is 24.0. The molecular weight excluding hydrogens is 366 g/mol. The van der Waals surface area contributed by atoms with E-state index in [9.17, 15) is 4.79 Å². The van der Waals surface area contributed by atoms with E-state index in [-0.39, 0.29) is 11.2 Å². The van der Waals surface area contributed by atoms with Gasteiger partial charge in [-0.3, -0.25) is 4.79 Å². The zero-order chi connectivity index (χ0) is 18.1. The lowest BCUT2D eigenvalue weighted by Gasteiger charge is -2.14. The molecule has 0 unspecified atom stereocenters. The Morgan fingerprint density at radius 2 is 2.15 bits per heavy atom. The molecule has 26 heavy (non-hydrogen) atoms. The molecule has 4 rings (SSSR count). The van der Waals surface area contributed by atoms with Crippen molar-refractivity contribution in [2.24, 2.45) is 0 Å². The topological polar surface area (TPSA) is 64.1 Å². The van der Waals surface area contributed by atoms with Crippen LogP contribution >= 0.6 is 23.1 Å². The number of nitrogens with zero attached hydrogens (tertiary/aromatic N) is 2. The Labute approximate surface area is 160 Å². The molecule has 1 aliphatic carbocycles. The minimum Gasteiger partial charge on any atom is -0.495 e. The summed E-state index contributed by atoms with van der Waals surface area (Å²) in [6.45, 7) is 1.90. The van der Waals surface area contributed by atoms with Crippen LogP contribution in [-0.2, 0) is 17.6 Å². The van der Waals surface area contributed by atoms with Gasteiger partial charge in [-0.15, -0.1) is 11.3 Å². The van der Waals surface area contributed by atoms with Crippen LogP contribution in [0.25, 0.3) is 10.2 Å². The third-order valence-corrected chi connectivity index (χ3v) is 6.79. The highest BCUT2D eigenvalue weighted by Crippen LogP contribution is 2.41. The standard InChI is InChI=1S/C19H19N3O2S2/c1-11(17(23)22-13-7-3-4-8-14(13)24-2)25-18-16-12-6-5-9-15(12)26-19(16)21-10-20-18/h3-4,7-8,10-11H,5-6,9H2,1-2H3,(H,22,23)/t11-/m1/s1. The molecule has 0 fully saturated rings. The van der Waals surface area contributed by atoms with Crippen LogP contribution in [0.15, 0.2) is 35.6 Å². The van der Waals surface area contributed by atoms with Gasteiger partial charge in [-0.2, -0.15) is 0 Å². The van der Waals surface area contributed by atoms with Crippen LogP contribution in [0, 0.1) is 0 Å². The first-order chi connectivity index (χ1) is 12.7. The number of aromatic nitrogens is 2. The molecule has 1 N–H and O–H groups in total. The van der Waals surface area contributed by atoms with Crippen molar-refractivity contribution >= 4 is 44.9 Å². The molecule has 0 aliphatic heterocycles. The molecule has 1 aliphatic rings. The minimum absolute atomic E-state index is 0.0712. The summed E-state index contributed by atoms with van der Waals surface area (Å²) in [7, 11) is 1.60. The van der Waals surface area contributed by atoms with Gasteiger partial charge in [0.15, 0.2) is 0 Å². The third-order valence-electron chi connectivity index (χ3n) is 4.49. The number of nitrogens with one attached hydrogen (secondary N) is 1. The van der Waals surface area contributed by atoms with Crippen LogP contribution in [-0.4, -0.2) is 28.2 Å². The third kappa shape index (κ3) is 3.17. The average Bonchev–Trinajstić information content (AvgIpc) is 3.23. The number of methoxy groups -OCH3 is 1. The van der Waals surface area contributed by atoms with Crippen molar-refractivity contribution in [1.29, 1.82) is 0 Å². The molecule has 2 heterocycles. The van der Waals surface area contributed by atoms with Crippen molar-refractivity contribution in [3.8, 4) is 5.75 Å². The van der Waals surface area contributed by atoms with E-state index < -0.39 is 0 Å². The molecule has 3 aromatic rings. The first-order valence-electron chi connectivity index (χ1n) is 8.53. The lowest BCUT2D eigenvalue weighted by atomic mass is 10.2. The van der Waals surface area contributed by atoms with Gasteiger partial charge < -0.3 is 10.1 Å². The largest absolute Gasteiger partial charge is 0.495 e. The minimum atomic E-state index is -0.282. The number of carbonyl (C=O) groups excluding carboxylic acids is 1. The molecule has 5 nitrogen and oxygen atoms in total. The predicted octanol–water partition coefficient (Wildman–Crippen LogP) is 4.31. The number of ether oxygens (including phenoxy) is 1. The maximum absolute atomic E-state index is 12.7. The van der Waals surface area contributed by atoms with Crippen molar-refractivity contribution in [3.05, 3.63) is 41.0 Å². The molecule has 0 saturated carbocycles. The number of amides is 1. The van der Waals surface area contributed by atoms with E-state index in [1.807, 2.05) is 31.2 Å². The van der Waals surface area contributed by atoms with E-state index in [0.717, 1.165) is 28.1 Å². The van der Waals surface area contributed by atoms with E-state index in [2.05, 4.69) is 15.3 Å². The molecular formula is C19H19N3O2S2. The highest BCUT2D eigenvalue weighted by molar-refractivity contribution is 8.00. The number of carbonyl (C=O) groups is 1. The van der Waals surface area contributed by atoms with Gasteiger partial charge in [0.1, 0.15) is 21.9 Å². The van der Waals surface area contributed by atoms with Crippen LogP contribution in [0.3, 0.4) is 0 Å². The number of benzene rings is 1. The lowest BCUT2D eigenvalue weighted by Crippen LogP contribution is -2.22. The molecule has 1 aromatic carbocycles. The molecule has 1 atom stereocenters. The Morgan fingerprint density at radius 3 is 3.00 bits per heavy atom. The van der Waals surface area contributed by atoms with Crippen molar-refractivity contribution in [2.75, 3.05) is 12.4 Å². The summed E-state index contributed by atoms with van der Waals surface area (Å²) in [5, 5.41) is 4.71. The van der Waals surface area contributed by atoms with Gasteiger partial charge >= 0.3 is 0 Å². The summed E-state index contributed by atoms with van der Waals surface area (Å²) in [5.74, 6) is 0.580. The second-order valence-electron chi connectivity index (χ2n) is 6.17. The van der Waals surface area contributed by atoms with Crippen LogP contribution in [0.5, 0.6) is 5.75 Å². The van der Waals surface area contributed by atoms with Crippen molar-refractivity contribution in [1.82, 2.24) is 9.97 Å². The van der Waals surface area contributed by atoms with Crippen molar-refractivity contribution < 1.29 is 9.53 Å². The Hall–Kier alpha value is -2.12. The summed E-state index contributed by atoms with van der Waals surface area (Å²) < 4.78 is 5.30. The molecule has 1 amide bonds. The maximum atomic E-state index is 12.7. The van der Waals surface area contributed by atoms with Gasteiger partial charge in [0.05, 0.1) is 18.0 Å². The fraction of sp³-hybridized carbons (Fsp3) is 0.316. The summed E-state index contributed by atoms with van der Waals surface area (Å²) in [5.41, 5.74) is 2.06. The zero-order valence-electron chi connectivity index (χ0n) is 14.6. The van der Waals surface area contributed by atoms with E-state index in [1.165, 1.54) is 28.6 Å². The SMILES string of the molecule is COc1ccccc1NC(=O)[C@@H](C)Sc1ncnc2sc3c(c12)CCC3. The predicted molar refractivity (Wildman–Crippen MR) is 106 cm³/mol. The van der Waals surface area contributed by atoms with E-state index >= 15 is 0 Å². The van der Waals surface area contributed by atoms with Gasteiger partial charge in [0.25, 0.3) is 0 Å². The fourth-order valence-electron chi connectivity index (χ4n) is 3.19. The Balaban J connectivity index is 1.56. The first kappa shape index (κ1) is 17.3. The number of anilines is 1. The smallest absolute Gasteiger partial charge is 0.237 e. The van der Waals surface area contributed by atoms with Gasteiger partial charge in [-0.05, 0) is 43.9 Å². The highest BCUT2D eigenvalue weighted by atomic mass is 32.2. The Morgan fingerprint density at radius 1 is 1.31 bits per heavy atom. The molecule has 0 spiro atoms. The number of hydrogen-bond donors (Lipinski definition) is 1. The summed E-state index contributed by atoms with van der Waals surface area (Å²) in [6.07, 6.45) is 5.00. The van der Waals surface area contributed by atoms with Crippen molar-refractivity contribution in [3.63, 3.8) is 0 Å². The van der Waals surface area contributed by atoms with Crippen LogP contribution in [0.4, 0.5) is 5.69 Å². The van der Waals surface area contributed by atoms with E-state index in [4.69, 9.17) is 4.74 Å². The lowest BCUT2D eigenvalue weighted by molar-refractivity contribution is -0.115. The first-order valence-corrected chi connectivity index (χ1v) is 10.2. The summed E-state index contributed by atoms with van der Waals surface area (Å²) in [6, 6.07) is 7.42. The number of thiophene rings is 1. The van der Waals surface area contributed by atoms with Crippen molar-refractivity contribution in [2.45, 2.75) is 36.5 Å². The van der Waals surface area contributed by atoms with Gasteiger partial charge in [-0.25, -0.2) is 9.97 Å². The monoisotopic (exact) mass is 385 g/mol. The Kier molecular flexibility index (Phi) is 4.82. The number of fused-ring (bicyclic) bond motifs is 3. The molecule has 0 radical (unpaired) electrons. The molecule has 7 heteroatoms. The molecule has 134 valence electrons. The van der Waals surface area contributed by atoms with Gasteiger partial charge in [0, 0.05) is 10.3 Å². The molecule has 2 aromatic heterocycles. The highest BCUT2D eigenvalue weighted by Gasteiger charge is 2.24. The normalized spacial score (nSPS) is 14.2. The number of thioether (sulfide) groups is 1. The number of aryl methyl sites for hydroxylation is 2. The molecule has 0 saturated heterocycles. The van der Waals surface area contributed by atoms with E-state index in [1.54, 1.807) is 24.8 Å². The molecule has 0 bridgehead atoms. The maximum Gasteiger partial charge on any atom is 0.237 e. The number of hydrogen-bond acceptors (Lipinski definition) is 6. The Bertz CT molecular complexity index is 971. The van der Waals surface area contributed by atoms with Gasteiger partial charge in [-0.1, -0.05) is 23.9 Å². The fourth-order valence-corrected chi connectivity index (χ4v) is 5.43. The second kappa shape index (κ2) is 7.25. The summed E-state index contributed by atoms with van der Waals surface area (Å²) >= 11 is 3.25. The van der Waals surface area contributed by atoms with Crippen LogP contribution in [0.1, 0.15) is 23.8 Å². The number of rotatable bonds is 5.